The molecule has 0 radical (unpaired) electrons. The number of hydrogen-bond donors (Lipinski definition) is 2. The van der Waals surface area contributed by atoms with Crippen molar-refractivity contribution >= 4 is 5.91 Å². The summed E-state index contributed by atoms with van der Waals surface area (Å²) in [5, 5.41) is 6.03. The van der Waals surface area contributed by atoms with Crippen molar-refractivity contribution in [3.8, 4) is 5.75 Å². The number of benzene rings is 1. The van der Waals surface area contributed by atoms with Crippen molar-refractivity contribution in [2.45, 2.75) is 19.4 Å². The number of methoxy groups -OCH3 is 2. The van der Waals surface area contributed by atoms with Gasteiger partial charge in [-0.05, 0) is 31.0 Å². The van der Waals surface area contributed by atoms with E-state index < -0.39 is 0 Å². The first-order valence-corrected chi connectivity index (χ1v) is 6.80. The van der Waals surface area contributed by atoms with Gasteiger partial charge in [0, 0.05) is 26.3 Å². The lowest BCUT2D eigenvalue weighted by Gasteiger charge is -2.15. The van der Waals surface area contributed by atoms with Crippen LogP contribution < -0.4 is 15.4 Å². The van der Waals surface area contributed by atoms with Crippen molar-refractivity contribution < 1.29 is 14.3 Å². The molecule has 0 spiro atoms. The lowest BCUT2D eigenvalue weighted by molar-refractivity contribution is -0.120. The van der Waals surface area contributed by atoms with E-state index in [-0.39, 0.29) is 11.9 Å². The molecule has 20 heavy (non-hydrogen) atoms. The lowest BCUT2D eigenvalue weighted by Crippen LogP contribution is -2.35. The van der Waals surface area contributed by atoms with E-state index in [0.717, 1.165) is 17.7 Å². The number of nitrogens with one attached hydrogen (secondary N) is 2. The summed E-state index contributed by atoms with van der Waals surface area (Å²) in [6.07, 6.45) is 0.827. The third-order valence-corrected chi connectivity index (χ3v) is 3.01. The normalized spacial score (nSPS) is 11.9. The van der Waals surface area contributed by atoms with E-state index >= 15 is 0 Å². The predicted octanol–water partition coefficient (Wildman–Crippen LogP) is 1.50. The van der Waals surface area contributed by atoms with Gasteiger partial charge < -0.3 is 20.1 Å². The molecule has 1 rings (SSSR count). The first kappa shape index (κ1) is 16.5. The van der Waals surface area contributed by atoms with Crippen LogP contribution in [-0.4, -0.2) is 39.8 Å². The Bertz CT molecular complexity index is 410. The minimum atomic E-state index is -0.00384. The van der Waals surface area contributed by atoms with Crippen LogP contribution in [0.1, 0.15) is 24.9 Å². The molecule has 112 valence electrons. The molecular weight excluding hydrogens is 256 g/mol. The second-order valence-electron chi connectivity index (χ2n) is 4.58. The summed E-state index contributed by atoms with van der Waals surface area (Å²) in [6.45, 7) is 3.62. The largest absolute Gasteiger partial charge is 0.497 e. The zero-order valence-corrected chi connectivity index (χ0v) is 12.4. The summed E-state index contributed by atoms with van der Waals surface area (Å²) < 4.78 is 10.1. The van der Waals surface area contributed by atoms with Gasteiger partial charge in [0.25, 0.3) is 0 Å². The van der Waals surface area contributed by atoms with Crippen molar-refractivity contribution in [1.29, 1.82) is 0 Å². The molecule has 0 fully saturated rings. The molecule has 0 aliphatic carbocycles. The van der Waals surface area contributed by atoms with Crippen molar-refractivity contribution in [2.24, 2.45) is 0 Å². The van der Waals surface area contributed by atoms with Gasteiger partial charge >= 0.3 is 0 Å². The van der Waals surface area contributed by atoms with Crippen molar-refractivity contribution in [2.75, 3.05) is 33.9 Å². The SMILES string of the molecule is COCCCNC(=O)CN[C@H](C)c1cccc(OC)c1. The van der Waals surface area contributed by atoms with Crippen LogP contribution in [0.25, 0.3) is 0 Å². The van der Waals surface area contributed by atoms with Gasteiger partial charge in [0.15, 0.2) is 0 Å². The fraction of sp³-hybridized carbons (Fsp3) is 0.533. The second kappa shape index (κ2) is 9.34. The molecule has 0 unspecified atom stereocenters. The number of ether oxygens (including phenoxy) is 2. The minimum absolute atomic E-state index is 0.00384. The van der Waals surface area contributed by atoms with E-state index in [4.69, 9.17) is 9.47 Å². The predicted molar refractivity (Wildman–Crippen MR) is 78.9 cm³/mol. The maximum absolute atomic E-state index is 11.6. The van der Waals surface area contributed by atoms with Crippen LogP contribution in [0.3, 0.4) is 0 Å². The fourth-order valence-corrected chi connectivity index (χ4v) is 1.78. The van der Waals surface area contributed by atoms with Gasteiger partial charge in [0.05, 0.1) is 13.7 Å². The van der Waals surface area contributed by atoms with Crippen LogP contribution in [0.15, 0.2) is 24.3 Å². The highest BCUT2D eigenvalue weighted by Gasteiger charge is 2.08. The molecule has 1 aromatic carbocycles. The monoisotopic (exact) mass is 280 g/mol. The fourth-order valence-electron chi connectivity index (χ4n) is 1.78. The third-order valence-electron chi connectivity index (χ3n) is 3.01. The van der Waals surface area contributed by atoms with Crippen LogP contribution in [0, 0.1) is 0 Å². The molecule has 0 heterocycles. The van der Waals surface area contributed by atoms with Gasteiger partial charge in [-0.25, -0.2) is 0 Å². The first-order chi connectivity index (χ1) is 9.67. The number of carbonyl (C=O) groups excluding carboxylic acids is 1. The molecule has 2 N–H and O–H groups in total. The van der Waals surface area contributed by atoms with Crippen LogP contribution in [0.2, 0.25) is 0 Å². The van der Waals surface area contributed by atoms with Crippen molar-refractivity contribution in [1.82, 2.24) is 10.6 Å². The molecule has 0 aliphatic heterocycles. The Labute approximate surface area is 120 Å². The summed E-state index contributed by atoms with van der Waals surface area (Å²) >= 11 is 0. The molecular formula is C15H24N2O3. The van der Waals surface area contributed by atoms with E-state index in [1.54, 1.807) is 14.2 Å². The Morgan fingerprint density at radius 3 is 2.85 bits per heavy atom. The molecule has 1 atom stereocenters. The number of rotatable bonds is 9. The molecule has 1 amide bonds. The van der Waals surface area contributed by atoms with Crippen LogP contribution >= 0.6 is 0 Å². The smallest absolute Gasteiger partial charge is 0.233 e. The highest BCUT2D eigenvalue weighted by Crippen LogP contribution is 2.18. The maximum Gasteiger partial charge on any atom is 0.233 e. The first-order valence-electron chi connectivity index (χ1n) is 6.80. The van der Waals surface area contributed by atoms with Crippen molar-refractivity contribution in [3.63, 3.8) is 0 Å². The van der Waals surface area contributed by atoms with E-state index in [0.29, 0.717) is 19.7 Å². The zero-order chi connectivity index (χ0) is 14.8. The second-order valence-corrected chi connectivity index (χ2v) is 4.58. The van der Waals surface area contributed by atoms with E-state index in [9.17, 15) is 4.79 Å². The topological polar surface area (TPSA) is 59.6 Å². The van der Waals surface area contributed by atoms with Crippen molar-refractivity contribution in [3.05, 3.63) is 29.8 Å². The molecule has 0 bridgehead atoms. The summed E-state index contributed by atoms with van der Waals surface area (Å²) in [5.41, 5.74) is 1.09. The lowest BCUT2D eigenvalue weighted by atomic mass is 10.1. The Hall–Kier alpha value is -1.59. The molecule has 5 heteroatoms. The van der Waals surface area contributed by atoms with Gasteiger partial charge in [0.2, 0.25) is 5.91 Å². The van der Waals surface area contributed by atoms with Crippen LogP contribution in [-0.2, 0) is 9.53 Å². The van der Waals surface area contributed by atoms with Crippen LogP contribution in [0.5, 0.6) is 5.75 Å². The summed E-state index contributed by atoms with van der Waals surface area (Å²) in [5.74, 6) is 0.816. The van der Waals surface area contributed by atoms with Gasteiger partial charge in [-0.15, -0.1) is 0 Å². The van der Waals surface area contributed by atoms with E-state index in [2.05, 4.69) is 10.6 Å². The number of carbonyl (C=O) groups is 1. The summed E-state index contributed by atoms with van der Waals surface area (Å²) in [6, 6.07) is 7.91. The molecule has 0 aliphatic rings. The Morgan fingerprint density at radius 2 is 2.15 bits per heavy atom. The van der Waals surface area contributed by atoms with Gasteiger partial charge in [0.1, 0.15) is 5.75 Å². The standard InChI is InChI=1S/C15H24N2O3/c1-12(13-6-4-7-14(10-13)20-3)17-11-15(18)16-8-5-9-19-2/h4,6-7,10,12,17H,5,8-9,11H2,1-3H3,(H,16,18)/t12-/m1/s1. The van der Waals surface area contributed by atoms with Gasteiger partial charge in [-0.1, -0.05) is 12.1 Å². The third kappa shape index (κ3) is 6.04. The van der Waals surface area contributed by atoms with Gasteiger partial charge in [-0.3, -0.25) is 4.79 Å². The molecule has 0 saturated carbocycles. The molecule has 0 aromatic heterocycles. The quantitative estimate of drug-likeness (QED) is 0.673. The molecule has 5 nitrogen and oxygen atoms in total. The summed E-state index contributed by atoms with van der Waals surface area (Å²) in [4.78, 5) is 11.6. The highest BCUT2D eigenvalue weighted by molar-refractivity contribution is 5.77. The Balaban J connectivity index is 2.31. The van der Waals surface area contributed by atoms with E-state index in [1.165, 1.54) is 0 Å². The molecule has 0 saturated heterocycles. The van der Waals surface area contributed by atoms with E-state index in [1.807, 2.05) is 31.2 Å². The Kier molecular flexibility index (Phi) is 7.69. The molecule has 1 aromatic rings. The number of amides is 1. The Morgan fingerprint density at radius 1 is 1.35 bits per heavy atom. The minimum Gasteiger partial charge on any atom is -0.497 e. The average molecular weight is 280 g/mol. The number of hydrogen-bond acceptors (Lipinski definition) is 4. The van der Waals surface area contributed by atoms with Gasteiger partial charge in [-0.2, -0.15) is 0 Å². The zero-order valence-electron chi connectivity index (χ0n) is 12.4. The highest BCUT2D eigenvalue weighted by atomic mass is 16.5. The average Bonchev–Trinajstić information content (AvgIpc) is 2.49. The summed E-state index contributed by atoms with van der Waals surface area (Å²) in [7, 11) is 3.30. The maximum atomic E-state index is 11.6. The van der Waals surface area contributed by atoms with Crippen LogP contribution in [0.4, 0.5) is 0 Å².